The van der Waals surface area contributed by atoms with Crippen LogP contribution in [0.2, 0.25) is 0 Å². The predicted molar refractivity (Wildman–Crippen MR) is 39.4 cm³/mol. The summed E-state index contributed by atoms with van der Waals surface area (Å²) in [6, 6.07) is 1.90. The summed E-state index contributed by atoms with van der Waals surface area (Å²) in [5.41, 5.74) is 7.45. The zero-order valence-electron chi connectivity index (χ0n) is 6.20. The Labute approximate surface area is 60.3 Å². The maximum atomic E-state index is 5.59. The first-order valence-corrected chi connectivity index (χ1v) is 3.24. The number of nitrogens with zero attached hydrogens (tertiary/aromatic N) is 2. The molecule has 0 fully saturated rings. The summed E-state index contributed by atoms with van der Waals surface area (Å²) >= 11 is 0. The molecule has 3 nitrogen and oxygen atoms in total. The Balaban J connectivity index is 2.96. The molecule has 0 aromatic carbocycles. The van der Waals surface area contributed by atoms with E-state index < -0.39 is 0 Å². The molecule has 1 aromatic rings. The molecule has 0 saturated heterocycles. The van der Waals surface area contributed by atoms with Crippen LogP contribution in [0.4, 0.5) is 0 Å². The van der Waals surface area contributed by atoms with Crippen LogP contribution >= 0.6 is 0 Å². The first-order valence-electron chi connectivity index (χ1n) is 3.24. The van der Waals surface area contributed by atoms with E-state index in [1.54, 1.807) is 0 Å². The van der Waals surface area contributed by atoms with E-state index in [4.69, 9.17) is 5.73 Å². The van der Waals surface area contributed by atoms with Gasteiger partial charge in [-0.1, -0.05) is 0 Å². The SMILES string of the molecule is Cc1cc([C@@H](C)N)ncn1. The van der Waals surface area contributed by atoms with Crippen LogP contribution in [0.3, 0.4) is 0 Å². The zero-order chi connectivity index (χ0) is 7.56. The summed E-state index contributed by atoms with van der Waals surface area (Å²) in [5.74, 6) is 0. The van der Waals surface area contributed by atoms with Gasteiger partial charge in [0.15, 0.2) is 0 Å². The molecule has 1 atom stereocenters. The Morgan fingerprint density at radius 1 is 1.50 bits per heavy atom. The van der Waals surface area contributed by atoms with Crippen molar-refractivity contribution in [3.63, 3.8) is 0 Å². The zero-order valence-corrected chi connectivity index (χ0v) is 6.20. The maximum absolute atomic E-state index is 5.59. The smallest absolute Gasteiger partial charge is 0.115 e. The topological polar surface area (TPSA) is 51.8 Å². The molecule has 0 aliphatic heterocycles. The van der Waals surface area contributed by atoms with E-state index in [-0.39, 0.29) is 6.04 Å². The fourth-order valence-corrected chi connectivity index (χ4v) is 0.724. The van der Waals surface area contributed by atoms with Crippen molar-refractivity contribution in [1.29, 1.82) is 0 Å². The van der Waals surface area contributed by atoms with Crippen molar-refractivity contribution in [1.82, 2.24) is 9.97 Å². The van der Waals surface area contributed by atoms with Gasteiger partial charge in [0.1, 0.15) is 6.33 Å². The Kier molecular flexibility index (Phi) is 1.97. The van der Waals surface area contributed by atoms with Gasteiger partial charge in [-0.2, -0.15) is 0 Å². The Morgan fingerprint density at radius 3 is 2.60 bits per heavy atom. The average molecular weight is 137 g/mol. The molecular formula is C7H11N3. The van der Waals surface area contributed by atoms with E-state index in [0.29, 0.717) is 0 Å². The fourth-order valence-electron chi connectivity index (χ4n) is 0.724. The minimum atomic E-state index is 0.00157. The number of rotatable bonds is 1. The van der Waals surface area contributed by atoms with Crippen LogP contribution in [0.1, 0.15) is 24.4 Å². The molecule has 10 heavy (non-hydrogen) atoms. The highest BCUT2D eigenvalue weighted by molar-refractivity contribution is 5.09. The van der Waals surface area contributed by atoms with Crippen LogP contribution < -0.4 is 5.73 Å². The number of nitrogens with two attached hydrogens (primary N) is 1. The van der Waals surface area contributed by atoms with Gasteiger partial charge in [-0.3, -0.25) is 0 Å². The summed E-state index contributed by atoms with van der Waals surface area (Å²) < 4.78 is 0. The molecule has 1 rings (SSSR count). The van der Waals surface area contributed by atoms with Gasteiger partial charge in [0.25, 0.3) is 0 Å². The lowest BCUT2D eigenvalue weighted by Crippen LogP contribution is -2.07. The summed E-state index contributed by atoms with van der Waals surface area (Å²) in [5, 5.41) is 0. The van der Waals surface area contributed by atoms with Gasteiger partial charge < -0.3 is 5.73 Å². The molecule has 0 saturated carbocycles. The fraction of sp³-hybridized carbons (Fsp3) is 0.429. The molecular weight excluding hydrogens is 126 g/mol. The van der Waals surface area contributed by atoms with Gasteiger partial charge in [0.2, 0.25) is 0 Å². The summed E-state index contributed by atoms with van der Waals surface area (Å²) in [6.07, 6.45) is 1.54. The third kappa shape index (κ3) is 1.51. The number of hydrogen-bond acceptors (Lipinski definition) is 3. The molecule has 0 aliphatic carbocycles. The first kappa shape index (κ1) is 7.15. The van der Waals surface area contributed by atoms with Crippen molar-refractivity contribution in [3.05, 3.63) is 23.8 Å². The maximum Gasteiger partial charge on any atom is 0.115 e. The molecule has 1 aromatic heterocycles. The van der Waals surface area contributed by atoms with Gasteiger partial charge >= 0.3 is 0 Å². The quantitative estimate of drug-likeness (QED) is 0.623. The molecule has 3 heteroatoms. The van der Waals surface area contributed by atoms with E-state index in [2.05, 4.69) is 9.97 Å². The highest BCUT2D eigenvalue weighted by Crippen LogP contribution is 2.04. The van der Waals surface area contributed by atoms with Crippen LogP contribution in [0.25, 0.3) is 0 Å². The first-order chi connectivity index (χ1) is 4.70. The van der Waals surface area contributed by atoms with Gasteiger partial charge in [-0.15, -0.1) is 0 Å². The van der Waals surface area contributed by atoms with Gasteiger partial charge in [0, 0.05) is 11.7 Å². The molecule has 0 radical (unpaired) electrons. The Morgan fingerprint density at radius 2 is 2.20 bits per heavy atom. The average Bonchev–Trinajstić information content (AvgIpc) is 1.88. The third-order valence-corrected chi connectivity index (χ3v) is 1.29. The van der Waals surface area contributed by atoms with Crippen molar-refractivity contribution >= 4 is 0 Å². The van der Waals surface area contributed by atoms with E-state index in [0.717, 1.165) is 11.4 Å². The van der Waals surface area contributed by atoms with Gasteiger partial charge in [-0.05, 0) is 19.9 Å². The lowest BCUT2D eigenvalue weighted by atomic mass is 10.2. The molecule has 54 valence electrons. The van der Waals surface area contributed by atoms with E-state index in [1.165, 1.54) is 6.33 Å². The highest BCUT2D eigenvalue weighted by Gasteiger charge is 1.99. The Bertz CT molecular complexity index is 220. The van der Waals surface area contributed by atoms with Crippen molar-refractivity contribution < 1.29 is 0 Å². The van der Waals surface area contributed by atoms with Crippen LogP contribution in [-0.4, -0.2) is 9.97 Å². The van der Waals surface area contributed by atoms with Crippen molar-refractivity contribution in [2.75, 3.05) is 0 Å². The highest BCUT2D eigenvalue weighted by atomic mass is 14.9. The summed E-state index contributed by atoms with van der Waals surface area (Å²) in [7, 11) is 0. The van der Waals surface area contributed by atoms with Gasteiger partial charge in [0.05, 0.1) is 5.69 Å². The lowest BCUT2D eigenvalue weighted by molar-refractivity contribution is 0.770. The van der Waals surface area contributed by atoms with Crippen LogP contribution in [0, 0.1) is 6.92 Å². The molecule has 0 unspecified atom stereocenters. The van der Waals surface area contributed by atoms with Crippen LogP contribution in [-0.2, 0) is 0 Å². The lowest BCUT2D eigenvalue weighted by Gasteiger charge is -2.02. The van der Waals surface area contributed by atoms with Crippen LogP contribution in [0.5, 0.6) is 0 Å². The molecule has 0 amide bonds. The largest absolute Gasteiger partial charge is 0.323 e. The van der Waals surface area contributed by atoms with E-state index in [1.807, 2.05) is 19.9 Å². The van der Waals surface area contributed by atoms with E-state index in [9.17, 15) is 0 Å². The van der Waals surface area contributed by atoms with Crippen molar-refractivity contribution in [2.45, 2.75) is 19.9 Å². The second kappa shape index (κ2) is 2.75. The number of aromatic nitrogens is 2. The van der Waals surface area contributed by atoms with Crippen molar-refractivity contribution in [3.8, 4) is 0 Å². The third-order valence-electron chi connectivity index (χ3n) is 1.29. The number of aryl methyl sites for hydroxylation is 1. The number of hydrogen-bond donors (Lipinski definition) is 1. The molecule has 0 bridgehead atoms. The molecule has 2 N–H and O–H groups in total. The second-order valence-corrected chi connectivity index (χ2v) is 2.37. The molecule has 0 aliphatic rings. The summed E-state index contributed by atoms with van der Waals surface area (Å²) in [4.78, 5) is 7.96. The monoisotopic (exact) mass is 137 g/mol. The van der Waals surface area contributed by atoms with Gasteiger partial charge in [-0.25, -0.2) is 9.97 Å². The minimum Gasteiger partial charge on any atom is -0.323 e. The molecule has 0 spiro atoms. The normalized spacial score (nSPS) is 13.1. The predicted octanol–water partition coefficient (Wildman–Crippen LogP) is 0.805. The van der Waals surface area contributed by atoms with Crippen molar-refractivity contribution in [2.24, 2.45) is 5.73 Å². The van der Waals surface area contributed by atoms with E-state index >= 15 is 0 Å². The minimum absolute atomic E-state index is 0.00157. The van der Waals surface area contributed by atoms with Crippen LogP contribution in [0.15, 0.2) is 12.4 Å². The standard InChI is InChI=1S/C7H11N3/c1-5-3-7(6(2)8)10-4-9-5/h3-4,6H,8H2,1-2H3/t6-/m1/s1. The summed E-state index contributed by atoms with van der Waals surface area (Å²) in [6.45, 7) is 3.83. The second-order valence-electron chi connectivity index (χ2n) is 2.37. The molecule has 1 heterocycles. The Hall–Kier alpha value is -0.960.